The van der Waals surface area contributed by atoms with Crippen LogP contribution in [0.25, 0.3) is 0 Å². The Bertz CT molecular complexity index is 160. The molecule has 0 aromatic carbocycles. The highest BCUT2D eigenvalue weighted by Gasteiger charge is 2.15. The molecule has 0 radical (unpaired) electrons. The third-order valence-electron chi connectivity index (χ3n) is 2.47. The van der Waals surface area contributed by atoms with Gasteiger partial charge in [-0.25, -0.2) is 0 Å². The second kappa shape index (κ2) is 8.97. The van der Waals surface area contributed by atoms with Crippen molar-refractivity contribution in [1.82, 2.24) is 5.32 Å². The highest BCUT2D eigenvalue weighted by Crippen LogP contribution is 2.03. The van der Waals surface area contributed by atoms with E-state index in [2.05, 4.69) is 39.9 Å². The fourth-order valence-electron chi connectivity index (χ4n) is 1.51. The number of methoxy groups -OCH3 is 1. The summed E-state index contributed by atoms with van der Waals surface area (Å²) >= 11 is 0. The van der Waals surface area contributed by atoms with Gasteiger partial charge in [0, 0.05) is 25.8 Å². The normalized spacial score (nSPS) is 15.8. The minimum atomic E-state index is 0.376. The molecule has 0 heterocycles. The molecule has 3 nitrogen and oxygen atoms in total. The zero-order valence-corrected chi connectivity index (χ0v) is 11.7. The molecule has 0 aromatic heterocycles. The maximum Gasteiger partial charge on any atom is 0.0618 e. The van der Waals surface area contributed by atoms with Crippen molar-refractivity contribution >= 4 is 0 Å². The van der Waals surface area contributed by atoms with Gasteiger partial charge in [0.1, 0.15) is 0 Å². The molecule has 2 atom stereocenters. The molecule has 0 saturated heterocycles. The van der Waals surface area contributed by atoms with Crippen molar-refractivity contribution in [1.29, 1.82) is 0 Å². The van der Waals surface area contributed by atoms with Crippen LogP contribution in [0.4, 0.5) is 0 Å². The van der Waals surface area contributed by atoms with Crippen molar-refractivity contribution in [3.05, 3.63) is 0 Å². The summed E-state index contributed by atoms with van der Waals surface area (Å²) in [6.45, 7) is 13.3. The van der Waals surface area contributed by atoms with Crippen LogP contribution in [0, 0.1) is 11.8 Å². The maximum absolute atomic E-state index is 5.61. The standard InChI is InChI=1S/C13H29NO2/c1-10(2)7-16-8-12(5)14-13(9-15-6)11(3)4/h10-14H,7-9H2,1-6H3. The van der Waals surface area contributed by atoms with Crippen molar-refractivity contribution in [2.45, 2.75) is 46.7 Å². The van der Waals surface area contributed by atoms with Crippen LogP contribution < -0.4 is 5.32 Å². The molecule has 98 valence electrons. The van der Waals surface area contributed by atoms with Gasteiger partial charge >= 0.3 is 0 Å². The molecule has 3 heteroatoms. The molecule has 0 spiro atoms. The Morgan fingerprint density at radius 3 is 2.00 bits per heavy atom. The number of ether oxygens (including phenoxy) is 2. The monoisotopic (exact) mass is 231 g/mol. The lowest BCUT2D eigenvalue weighted by Crippen LogP contribution is -2.44. The van der Waals surface area contributed by atoms with Crippen LogP contribution in [0.15, 0.2) is 0 Å². The van der Waals surface area contributed by atoms with E-state index in [9.17, 15) is 0 Å². The molecule has 2 unspecified atom stereocenters. The quantitative estimate of drug-likeness (QED) is 0.660. The lowest BCUT2D eigenvalue weighted by atomic mass is 10.0. The van der Waals surface area contributed by atoms with E-state index in [0.717, 1.165) is 19.8 Å². The fourth-order valence-corrected chi connectivity index (χ4v) is 1.51. The van der Waals surface area contributed by atoms with E-state index >= 15 is 0 Å². The molecular formula is C13H29NO2. The number of hydrogen-bond acceptors (Lipinski definition) is 3. The van der Waals surface area contributed by atoms with Crippen LogP contribution in [-0.4, -0.2) is 39.0 Å². The first-order chi connectivity index (χ1) is 7.47. The summed E-state index contributed by atoms with van der Waals surface area (Å²) in [5.74, 6) is 1.18. The average molecular weight is 231 g/mol. The zero-order valence-electron chi connectivity index (χ0n) is 11.7. The molecule has 0 aliphatic heterocycles. The fraction of sp³-hybridized carbons (Fsp3) is 1.00. The Labute approximate surface area is 101 Å². The molecule has 0 saturated carbocycles. The summed E-state index contributed by atoms with van der Waals surface area (Å²) in [5, 5.41) is 3.54. The molecule has 0 aliphatic carbocycles. The molecule has 0 bridgehead atoms. The SMILES string of the molecule is COCC(NC(C)COCC(C)C)C(C)C. The predicted molar refractivity (Wildman–Crippen MR) is 68.8 cm³/mol. The smallest absolute Gasteiger partial charge is 0.0618 e. The molecule has 0 aromatic rings. The summed E-state index contributed by atoms with van der Waals surface area (Å²) in [6, 6.07) is 0.781. The molecule has 0 fully saturated rings. The molecule has 0 amide bonds. The van der Waals surface area contributed by atoms with E-state index in [1.807, 2.05) is 0 Å². The van der Waals surface area contributed by atoms with Crippen LogP contribution in [-0.2, 0) is 9.47 Å². The van der Waals surface area contributed by atoms with Crippen LogP contribution in [0.1, 0.15) is 34.6 Å². The topological polar surface area (TPSA) is 30.5 Å². The van der Waals surface area contributed by atoms with E-state index in [1.165, 1.54) is 0 Å². The van der Waals surface area contributed by atoms with Crippen LogP contribution in [0.5, 0.6) is 0 Å². The van der Waals surface area contributed by atoms with Gasteiger partial charge in [-0.05, 0) is 18.8 Å². The Morgan fingerprint density at radius 2 is 1.56 bits per heavy atom. The Balaban J connectivity index is 3.76. The van der Waals surface area contributed by atoms with Gasteiger partial charge in [-0.2, -0.15) is 0 Å². The van der Waals surface area contributed by atoms with Crippen molar-refractivity contribution < 1.29 is 9.47 Å². The third kappa shape index (κ3) is 8.08. The predicted octanol–water partition coefficient (Wildman–Crippen LogP) is 2.31. The van der Waals surface area contributed by atoms with Gasteiger partial charge in [-0.1, -0.05) is 27.7 Å². The summed E-state index contributed by atoms with van der Waals surface area (Å²) in [4.78, 5) is 0. The minimum absolute atomic E-state index is 0.376. The van der Waals surface area contributed by atoms with Crippen molar-refractivity contribution in [2.75, 3.05) is 26.9 Å². The Hall–Kier alpha value is -0.120. The van der Waals surface area contributed by atoms with Crippen molar-refractivity contribution in [3.8, 4) is 0 Å². The largest absolute Gasteiger partial charge is 0.383 e. The zero-order chi connectivity index (χ0) is 12.6. The molecule has 16 heavy (non-hydrogen) atoms. The van der Waals surface area contributed by atoms with Gasteiger partial charge in [0.05, 0.1) is 13.2 Å². The van der Waals surface area contributed by atoms with E-state index in [-0.39, 0.29) is 0 Å². The first-order valence-electron chi connectivity index (χ1n) is 6.30. The van der Waals surface area contributed by atoms with Crippen LogP contribution >= 0.6 is 0 Å². The molecule has 0 aliphatic rings. The number of nitrogens with one attached hydrogen (secondary N) is 1. The van der Waals surface area contributed by atoms with Crippen molar-refractivity contribution in [3.63, 3.8) is 0 Å². The second-order valence-corrected chi connectivity index (χ2v) is 5.30. The number of rotatable bonds is 9. The Morgan fingerprint density at radius 1 is 0.938 bits per heavy atom. The summed E-state index contributed by atoms with van der Waals surface area (Å²) in [7, 11) is 1.75. The van der Waals surface area contributed by atoms with Crippen molar-refractivity contribution in [2.24, 2.45) is 11.8 Å². The first kappa shape index (κ1) is 15.9. The van der Waals surface area contributed by atoms with Gasteiger partial charge in [0.2, 0.25) is 0 Å². The van der Waals surface area contributed by atoms with E-state index in [4.69, 9.17) is 9.47 Å². The van der Waals surface area contributed by atoms with Gasteiger partial charge in [0.25, 0.3) is 0 Å². The summed E-state index contributed by atoms with van der Waals surface area (Å²) < 4.78 is 10.8. The summed E-state index contributed by atoms with van der Waals surface area (Å²) in [6.07, 6.45) is 0. The minimum Gasteiger partial charge on any atom is -0.383 e. The van der Waals surface area contributed by atoms with Gasteiger partial charge in [-0.15, -0.1) is 0 Å². The second-order valence-electron chi connectivity index (χ2n) is 5.30. The lowest BCUT2D eigenvalue weighted by Gasteiger charge is -2.26. The van der Waals surface area contributed by atoms with Gasteiger partial charge in [0.15, 0.2) is 0 Å². The molecule has 1 N–H and O–H groups in total. The van der Waals surface area contributed by atoms with E-state index < -0.39 is 0 Å². The number of hydrogen-bond donors (Lipinski definition) is 1. The third-order valence-corrected chi connectivity index (χ3v) is 2.47. The highest BCUT2D eigenvalue weighted by atomic mass is 16.5. The van der Waals surface area contributed by atoms with Gasteiger partial charge in [-0.3, -0.25) is 0 Å². The van der Waals surface area contributed by atoms with E-state index in [1.54, 1.807) is 7.11 Å². The molecular weight excluding hydrogens is 202 g/mol. The maximum atomic E-state index is 5.61. The lowest BCUT2D eigenvalue weighted by molar-refractivity contribution is 0.0792. The van der Waals surface area contributed by atoms with Gasteiger partial charge < -0.3 is 14.8 Å². The average Bonchev–Trinajstić information content (AvgIpc) is 2.16. The molecule has 0 rings (SSSR count). The van der Waals surface area contributed by atoms with Crippen LogP contribution in [0.2, 0.25) is 0 Å². The summed E-state index contributed by atoms with van der Waals surface area (Å²) in [5.41, 5.74) is 0. The highest BCUT2D eigenvalue weighted by molar-refractivity contribution is 4.73. The first-order valence-corrected chi connectivity index (χ1v) is 6.30. The van der Waals surface area contributed by atoms with Crippen LogP contribution in [0.3, 0.4) is 0 Å². The Kier molecular flexibility index (Phi) is 8.90. The van der Waals surface area contributed by atoms with E-state index in [0.29, 0.717) is 23.9 Å².